The fourth-order valence-corrected chi connectivity index (χ4v) is 5.72. The molecule has 0 bridgehead atoms. The standard InChI is InChI=1S/C32H34N6O3S/c1-4-5-9-23-19-30(39)38(20-27-26(32(40)41-3)12-8-13-28(27)42)29(37(23)2)18-21-14-16-22(17-15-21)24-10-6-7-11-25(24)31-33-35-36-34-31/h6-8,10-12,14-17,19,29H,4-5,9,13,18,20H2,1-3H3,(H,33,34,35,36). The number of rotatable bonds is 10. The fraction of sp³-hybridized carbons (Fsp3) is 0.312. The van der Waals surface area contributed by atoms with Gasteiger partial charge in [-0.3, -0.25) is 4.79 Å². The Morgan fingerprint density at radius 3 is 2.60 bits per heavy atom. The van der Waals surface area contributed by atoms with Gasteiger partial charge in [-0.15, -0.1) is 10.2 Å². The van der Waals surface area contributed by atoms with Crippen LogP contribution in [0.2, 0.25) is 0 Å². The Hall–Kier alpha value is -4.44. The number of nitrogens with one attached hydrogen (secondary N) is 1. The second-order valence-electron chi connectivity index (χ2n) is 10.4. The Labute approximate surface area is 250 Å². The van der Waals surface area contributed by atoms with Crippen molar-refractivity contribution in [2.45, 2.75) is 45.2 Å². The number of hydrogen-bond acceptors (Lipinski definition) is 8. The van der Waals surface area contributed by atoms with E-state index in [1.807, 2.05) is 42.3 Å². The van der Waals surface area contributed by atoms with Crippen LogP contribution in [-0.2, 0) is 20.7 Å². The smallest absolute Gasteiger partial charge is 0.338 e. The average Bonchev–Trinajstić information content (AvgIpc) is 3.55. The molecule has 1 N–H and O–H groups in total. The van der Waals surface area contributed by atoms with E-state index in [0.29, 0.717) is 34.7 Å². The maximum absolute atomic E-state index is 13.6. The maximum atomic E-state index is 13.6. The normalized spacial score (nSPS) is 17.1. The highest BCUT2D eigenvalue weighted by Crippen LogP contribution is 2.32. The third kappa shape index (κ3) is 6.08. The van der Waals surface area contributed by atoms with Crippen LogP contribution >= 0.6 is 12.2 Å². The minimum atomic E-state index is -0.450. The number of carbonyl (C=O) groups excluding carboxylic acids is 2. The molecule has 10 heteroatoms. The lowest BCUT2D eigenvalue weighted by molar-refractivity contribution is -0.136. The summed E-state index contributed by atoms with van der Waals surface area (Å²) in [6.45, 7) is 2.38. The van der Waals surface area contributed by atoms with Crippen LogP contribution in [0.4, 0.5) is 0 Å². The van der Waals surface area contributed by atoms with Crippen LogP contribution in [0.1, 0.15) is 38.2 Å². The number of aromatic nitrogens is 4. The molecule has 2 aromatic carbocycles. The zero-order valence-electron chi connectivity index (χ0n) is 24.0. The van der Waals surface area contributed by atoms with Crippen molar-refractivity contribution in [3.8, 4) is 22.5 Å². The molecule has 42 heavy (non-hydrogen) atoms. The van der Waals surface area contributed by atoms with E-state index in [-0.39, 0.29) is 18.6 Å². The minimum absolute atomic E-state index is 0.0797. The topological polar surface area (TPSA) is 104 Å². The number of benzene rings is 2. The molecule has 0 fully saturated rings. The second-order valence-corrected chi connectivity index (χ2v) is 10.9. The summed E-state index contributed by atoms with van der Waals surface area (Å²) in [6.07, 6.45) is 9.09. The highest BCUT2D eigenvalue weighted by Gasteiger charge is 2.34. The Balaban J connectivity index is 1.46. The van der Waals surface area contributed by atoms with Gasteiger partial charge in [0.05, 0.1) is 12.7 Å². The van der Waals surface area contributed by atoms with E-state index in [2.05, 4.69) is 56.7 Å². The van der Waals surface area contributed by atoms with Crippen molar-refractivity contribution in [1.82, 2.24) is 30.4 Å². The van der Waals surface area contributed by atoms with Gasteiger partial charge in [-0.1, -0.05) is 86.2 Å². The van der Waals surface area contributed by atoms with Crippen LogP contribution in [-0.4, -0.2) is 74.0 Å². The summed E-state index contributed by atoms with van der Waals surface area (Å²) < 4.78 is 5.02. The number of hydrogen-bond donors (Lipinski definition) is 1. The Morgan fingerprint density at radius 2 is 1.90 bits per heavy atom. The number of thiocarbonyl (C=S) groups is 1. The van der Waals surface area contributed by atoms with Gasteiger partial charge in [0, 0.05) is 54.2 Å². The molecular weight excluding hydrogens is 548 g/mol. The highest BCUT2D eigenvalue weighted by molar-refractivity contribution is 7.80. The minimum Gasteiger partial charge on any atom is -0.465 e. The Kier molecular flexibility index (Phi) is 9.02. The molecule has 5 rings (SSSR count). The summed E-state index contributed by atoms with van der Waals surface area (Å²) in [7, 11) is 3.39. The van der Waals surface area contributed by atoms with Crippen LogP contribution in [0.15, 0.2) is 83.6 Å². The van der Waals surface area contributed by atoms with Gasteiger partial charge < -0.3 is 14.5 Å². The summed E-state index contributed by atoms with van der Waals surface area (Å²) in [6, 6.07) is 16.3. The maximum Gasteiger partial charge on any atom is 0.338 e. The summed E-state index contributed by atoms with van der Waals surface area (Å²) in [5.41, 5.74) is 6.10. The zero-order chi connectivity index (χ0) is 29.6. The number of esters is 1. The van der Waals surface area contributed by atoms with E-state index in [4.69, 9.17) is 17.0 Å². The first-order valence-corrected chi connectivity index (χ1v) is 14.5. The Morgan fingerprint density at radius 1 is 1.14 bits per heavy atom. The van der Waals surface area contributed by atoms with Gasteiger partial charge in [0.1, 0.15) is 6.17 Å². The molecule has 9 nitrogen and oxygen atoms in total. The monoisotopic (exact) mass is 582 g/mol. The van der Waals surface area contributed by atoms with Crippen molar-refractivity contribution >= 4 is 29.0 Å². The lowest BCUT2D eigenvalue weighted by Crippen LogP contribution is -2.54. The number of unbranched alkanes of at least 4 members (excludes halogenated alkanes) is 1. The molecule has 0 radical (unpaired) electrons. The van der Waals surface area contributed by atoms with Gasteiger partial charge in [-0.05, 0) is 34.7 Å². The van der Waals surface area contributed by atoms with Crippen LogP contribution < -0.4 is 0 Å². The van der Waals surface area contributed by atoms with E-state index in [1.54, 1.807) is 12.2 Å². The first kappa shape index (κ1) is 29.1. The first-order chi connectivity index (χ1) is 20.4. The average molecular weight is 583 g/mol. The quantitative estimate of drug-likeness (QED) is 0.262. The third-order valence-corrected chi connectivity index (χ3v) is 8.21. The number of carbonyl (C=O) groups is 2. The number of amides is 1. The van der Waals surface area contributed by atoms with E-state index < -0.39 is 5.97 Å². The molecule has 0 saturated carbocycles. The molecule has 1 aliphatic heterocycles. The van der Waals surface area contributed by atoms with Gasteiger partial charge in [-0.2, -0.15) is 5.21 Å². The highest BCUT2D eigenvalue weighted by atomic mass is 32.1. The molecule has 1 aliphatic carbocycles. The SMILES string of the molecule is CCCCC1=CC(=O)N(CC2=C(C(=O)OC)C=CCC2=S)C(Cc2ccc(-c3ccccc3-c3nn[nH]n3)cc2)N1C. The molecule has 1 aromatic heterocycles. The van der Waals surface area contributed by atoms with E-state index in [9.17, 15) is 9.59 Å². The Bertz CT molecular complexity index is 1560. The molecule has 1 unspecified atom stereocenters. The predicted molar refractivity (Wildman–Crippen MR) is 165 cm³/mol. The van der Waals surface area contributed by atoms with E-state index in [0.717, 1.165) is 47.2 Å². The fourth-order valence-electron chi connectivity index (χ4n) is 5.45. The van der Waals surface area contributed by atoms with E-state index in [1.165, 1.54) is 7.11 Å². The largest absolute Gasteiger partial charge is 0.465 e. The van der Waals surface area contributed by atoms with E-state index >= 15 is 0 Å². The third-order valence-electron chi connectivity index (χ3n) is 7.80. The molecule has 1 atom stereocenters. The van der Waals surface area contributed by atoms with Crippen LogP contribution in [0, 0.1) is 0 Å². The molecular formula is C32H34N6O3S. The van der Waals surface area contributed by atoms with Crippen LogP contribution in [0.3, 0.4) is 0 Å². The molecule has 1 amide bonds. The predicted octanol–water partition coefficient (Wildman–Crippen LogP) is 5.05. The summed E-state index contributed by atoms with van der Waals surface area (Å²) in [5, 5.41) is 14.5. The van der Waals surface area contributed by atoms with Crippen molar-refractivity contribution in [2.24, 2.45) is 0 Å². The van der Waals surface area contributed by atoms with Gasteiger partial charge in [0.2, 0.25) is 11.7 Å². The van der Waals surface area contributed by atoms with Gasteiger partial charge in [0.15, 0.2) is 0 Å². The zero-order valence-corrected chi connectivity index (χ0v) is 24.9. The van der Waals surface area contributed by atoms with Crippen molar-refractivity contribution in [3.63, 3.8) is 0 Å². The number of H-pyrrole nitrogens is 1. The summed E-state index contributed by atoms with van der Waals surface area (Å²) >= 11 is 5.66. The molecule has 2 heterocycles. The summed E-state index contributed by atoms with van der Waals surface area (Å²) in [4.78, 5) is 30.9. The number of ether oxygens (including phenoxy) is 1. The van der Waals surface area contributed by atoms with Crippen molar-refractivity contribution < 1.29 is 14.3 Å². The van der Waals surface area contributed by atoms with Crippen LogP contribution in [0.25, 0.3) is 22.5 Å². The number of tetrazole rings is 1. The number of allylic oxidation sites excluding steroid dienone is 2. The number of aromatic amines is 1. The van der Waals surface area contributed by atoms with Crippen molar-refractivity contribution in [2.75, 3.05) is 20.7 Å². The van der Waals surface area contributed by atoms with Gasteiger partial charge in [0.25, 0.3) is 0 Å². The second kappa shape index (κ2) is 13.0. The number of nitrogens with zero attached hydrogens (tertiary/aromatic N) is 5. The van der Waals surface area contributed by atoms with Crippen molar-refractivity contribution in [3.05, 3.63) is 89.2 Å². The lowest BCUT2D eigenvalue weighted by atomic mass is 9.94. The molecule has 216 valence electrons. The summed E-state index contributed by atoms with van der Waals surface area (Å²) in [5.74, 6) is 0.00706. The first-order valence-electron chi connectivity index (χ1n) is 14.1. The van der Waals surface area contributed by atoms with Gasteiger partial charge in [-0.25, -0.2) is 4.79 Å². The van der Waals surface area contributed by atoms with Crippen molar-refractivity contribution in [1.29, 1.82) is 0 Å². The number of methoxy groups -OCH3 is 1. The molecule has 0 saturated heterocycles. The lowest BCUT2D eigenvalue weighted by Gasteiger charge is -2.44. The molecule has 2 aliphatic rings. The molecule has 3 aromatic rings. The van der Waals surface area contributed by atoms with Crippen LogP contribution in [0.5, 0.6) is 0 Å². The molecule has 0 spiro atoms. The van der Waals surface area contributed by atoms with Gasteiger partial charge >= 0.3 is 5.97 Å². The number of likely N-dealkylation sites (N-methyl/N-ethyl adjacent to an activating group) is 1.